The van der Waals surface area contributed by atoms with Crippen molar-refractivity contribution in [1.29, 1.82) is 0 Å². The molecule has 0 aromatic heterocycles. The molecule has 0 heterocycles. The van der Waals surface area contributed by atoms with Gasteiger partial charge in [-0.2, -0.15) is 0 Å². The summed E-state index contributed by atoms with van der Waals surface area (Å²) in [6, 6.07) is 0.627. The molecule has 2 nitrogen and oxygen atoms in total. The van der Waals surface area contributed by atoms with Crippen molar-refractivity contribution in [2.24, 2.45) is 4.99 Å². The third-order valence-electron chi connectivity index (χ3n) is 1.04. The van der Waals surface area contributed by atoms with E-state index >= 15 is 0 Å². The first kappa shape index (κ1) is 12.9. The van der Waals surface area contributed by atoms with Crippen molar-refractivity contribution in [2.75, 3.05) is 0 Å². The van der Waals surface area contributed by atoms with Gasteiger partial charge in [-0.3, -0.25) is 0 Å². The Kier molecular flexibility index (Phi) is 6.88. The number of hydrogen-bond donors (Lipinski definition) is 1. The van der Waals surface area contributed by atoms with E-state index in [2.05, 4.69) is 24.2 Å². The maximum absolute atomic E-state index is 5.91. The zero-order valence-electron chi connectivity index (χ0n) is 7.94. The van der Waals surface area contributed by atoms with Gasteiger partial charge in [-0.05, 0) is 0 Å². The molecule has 12 heavy (non-hydrogen) atoms. The summed E-state index contributed by atoms with van der Waals surface area (Å²) in [5.74, 6) is 0. The molecule has 0 aliphatic carbocycles. The van der Waals surface area contributed by atoms with Crippen molar-refractivity contribution in [1.82, 2.24) is 5.32 Å². The Morgan fingerprint density at radius 2 is 1.75 bits per heavy atom. The normalized spacial score (nSPS) is 12.5. The van der Waals surface area contributed by atoms with E-state index in [-0.39, 0.29) is 6.04 Å². The number of nitrogens with zero attached hydrogens (tertiary/aromatic N) is 1. The van der Waals surface area contributed by atoms with Crippen molar-refractivity contribution in [2.45, 2.75) is 39.8 Å². The molecule has 0 aliphatic rings. The number of halogens is 2. The zero-order chi connectivity index (χ0) is 9.72. The molecular formula is C7H15Cl2InN2. The van der Waals surface area contributed by atoms with Crippen molar-refractivity contribution < 1.29 is 0 Å². The molecule has 1 N–H and O–H groups in total. The summed E-state index contributed by atoms with van der Waals surface area (Å²) >= 11 is -2.46. The summed E-state index contributed by atoms with van der Waals surface area (Å²) in [7, 11) is 11.8. The van der Waals surface area contributed by atoms with Gasteiger partial charge in [-0.25, -0.2) is 0 Å². The number of hydrogen-bond acceptors (Lipinski definition) is 1. The number of aliphatic imine (C=N–C) groups is 1. The number of nitrogens with one attached hydrogen (secondary N) is 1. The van der Waals surface area contributed by atoms with E-state index in [9.17, 15) is 0 Å². The Morgan fingerprint density at radius 3 is 2.00 bits per heavy atom. The molecule has 0 saturated heterocycles. The van der Waals surface area contributed by atoms with Crippen LogP contribution in [0.5, 0.6) is 0 Å². The first-order valence-electron chi connectivity index (χ1n) is 4.05. The summed E-state index contributed by atoms with van der Waals surface area (Å²) in [4.78, 5) is 4.35. The molecule has 5 heteroatoms. The summed E-state index contributed by atoms with van der Waals surface area (Å²) < 4.78 is 0.866. The van der Waals surface area contributed by atoms with Gasteiger partial charge in [0.15, 0.2) is 0 Å². The molecule has 0 bridgehead atoms. The first-order valence-corrected chi connectivity index (χ1v) is 14.0. The van der Waals surface area contributed by atoms with Crippen LogP contribution < -0.4 is 5.32 Å². The zero-order valence-corrected chi connectivity index (χ0v) is 12.7. The summed E-state index contributed by atoms with van der Waals surface area (Å²) in [6.07, 6.45) is 0. The Balaban J connectivity index is 4.23. The van der Waals surface area contributed by atoms with Gasteiger partial charge in [0.1, 0.15) is 0 Å². The second kappa shape index (κ2) is 6.39. The van der Waals surface area contributed by atoms with E-state index < -0.39 is 19.1 Å². The van der Waals surface area contributed by atoms with E-state index in [1.807, 2.05) is 13.8 Å². The Bertz CT molecular complexity index is 157. The van der Waals surface area contributed by atoms with Gasteiger partial charge in [0.2, 0.25) is 0 Å². The molecule has 0 aliphatic heterocycles. The van der Waals surface area contributed by atoms with Crippen LogP contribution in [0.1, 0.15) is 27.7 Å². The van der Waals surface area contributed by atoms with Crippen molar-refractivity contribution in [3.05, 3.63) is 0 Å². The SMILES string of the molecule is CC(C)N=[C](NC(C)C)[In]([Cl])[Cl]. The van der Waals surface area contributed by atoms with Gasteiger partial charge in [0, 0.05) is 0 Å². The Hall–Kier alpha value is 0.920. The molecule has 0 rings (SSSR count). The Morgan fingerprint density at radius 1 is 1.25 bits per heavy atom. The third-order valence-corrected chi connectivity index (χ3v) is 5.89. The van der Waals surface area contributed by atoms with E-state index in [1.54, 1.807) is 0 Å². The van der Waals surface area contributed by atoms with Crippen molar-refractivity contribution in [3.8, 4) is 0 Å². The van der Waals surface area contributed by atoms with Crippen LogP contribution in [0, 0.1) is 0 Å². The summed E-state index contributed by atoms with van der Waals surface area (Å²) in [5, 5.41) is 3.19. The molecule has 0 aromatic carbocycles. The fraction of sp³-hybridized carbons (Fsp3) is 0.857. The molecular weight excluding hydrogens is 298 g/mol. The van der Waals surface area contributed by atoms with Gasteiger partial charge in [0.05, 0.1) is 0 Å². The summed E-state index contributed by atoms with van der Waals surface area (Å²) in [5.41, 5.74) is 0. The molecule has 0 amide bonds. The molecule has 0 fully saturated rings. The number of rotatable bonds is 3. The van der Waals surface area contributed by atoms with Crippen LogP contribution >= 0.6 is 17.2 Å². The molecule has 0 saturated carbocycles. The molecule has 70 valence electrons. The average Bonchev–Trinajstić information content (AvgIpc) is 1.83. The van der Waals surface area contributed by atoms with Crippen LogP contribution in [0.25, 0.3) is 0 Å². The quantitative estimate of drug-likeness (QED) is 0.627. The average molecular weight is 313 g/mol. The van der Waals surface area contributed by atoms with Crippen LogP contribution in [0.2, 0.25) is 0 Å². The van der Waals surface area contributed by atoms with Crippen LogP contribution in [0.3, 0.4) is 0 Å². The molecule has 0 radical (unpaired) electrons. The standard InChI is InChI=1S/C7H15N2.2ClH.In/c1-6(2)8-5-9-7(3)4;;;/h6-7H,1-4H3,(H,8,9);2*1H;/q;;;+2/p-2. The third kappa shape index (κ3) is 6.44. The second-order valence-corrected chi connectivity index (χ2v) is 13.8. The topological polar surface area (TPSA) is 24.4 Å². The number of amidine groups is 1. The van der Waals surface area contributed by atoms with Gasteiger partial charge in [-0.1, -0.05) is 0 Å². The van der Waals surface area contributed by atoms with Crippen LogP contribution in [-0.4, -0.2) is 34.7 Å². The van der Waals surface area contributed by atoms with E-state index in [0.717, 1.165) is 3.59 Å². The minimum absolute atomic E-state index is 0.267. The van der Waals surface area contributed by atoms with Crippen LogP contribution in [0.15, 0.2) is 4.99 Å². The van der Waals surface area contributed by atoms with Gasteiger partial charge in [0.25, 0.3) is 0 Å². The van der Waals surface area contributed by atoms with E-state index in [0.29, 0.717) is 6.04 Å². The predicted molar refractivity (Wildman–Crippen MR) is 58.3 cm³/mol. The van der Waals surface area contributed by atoms with Gasteiger partial charge >= 0.3 is 89.9 Å². The van der Waals surface area contributed by atoms with Crippen LogP contribution in [-0.2, 0) is 0 Å². The minimum atomic E-state index is -2.46. The second-order valence-electron chi connectivity index (χ2n) is 3.21. The first-order chi connectivity index (χ1) is 5.43. The summed E-state index contributed by atoms with van der Waals surface area (Å²) in [6.45, 7) is 8.14. The Labute approximate surface area is 89.4 Å². The maximum atomic E-state index is 5.91. The molecule has 0 atom stereocenters. The molecule has 0 spiro atoms. The fourth-order valence-electron chi connectivity index (χ4n) is 0.731. The van der Waals surface area contributed by atoms with Crippen molar-refractivity contribution >= 4 is 39.8 Å². The molecule has 0 aromatic rings. The van der Waals surface area contributed by atoms with Crippen molar-refractivity contribution in [3.63, 3.8) is 0 Å². The van der Waals surface area contributed by atoms with Gasteiger partial charge < -0.3 is 0 Å². The molecule has 0 unspecified atom stereocenters. The van der Waals surface area contributed by atoms with E-state index in [4.69, 9.17) is 17.2 Å². The van der Waals surface area contributed by atoms with E-state index in [1.165, 1.54) is 0 Å². The van der Waals surface area contributed by atoms with Gasteiger partial charge in [-0.15, -0.1) is 0 Å². The monoisotopic (exact) mass is 312 g/mol. The predicted octanol–water partition coefficient (Wildman–Crippen LogP) is 2.30. The van der Waals surface area contributed by atoms with Crippen LogP contribution in [0.4, 0.5) is 0 Å². The fourth-order valence-corrected chi connectivity index (χ4v) is 4.82.